The summed E-state index contributed by atoms with van der Waals surface area (Å²) in [5.74, 6) is -0.353. The van der Waals surface area contributed by atoms with E-state index in [-0.39, 0.29) is 12.1 Å². The van der Waals surface area contributed by atoms with E-state index in [4.69, 9.17) is 5.11 Å². The van der Waals surface area contributed by atoms with Gasteiger partial charge in [0.15, 0.2) is 0 Å². The monoisotopic (exact) mass is 181 g/mol. The molecule has 0 aliphatic carbocycles. The molecule has 1 aromatic rings. The Balaban J connectivity index is 2.44. The van der Waals surface area contributed by atoms with Gasteiger partial charge in [0.25, 0.3) is 0 Å². The van der Waals surface area contributed by atoms with E-state index in [1.54, 1.807) is 24.0 Å². The van der Waals surface area contributed by atoms with Gasteiger partial charge in [-0.1, -0.05) is 6.58 Å². The number of carbonyl (C=O) groups is 1. The third kappa shape index (κ3) is 2.62. The minimum absolute atomic E-state index is 0.116. The van der Waals surface area contributed by atoms with E-state index in [0.29, 0.717) is 5.82 Å². The maximum absolute atomic E-state index is 10.4. The fraction of sp³-hybridized carbons (Fsp3) is 0.250. The van der Waals surface area contributed by atoms with Gasteiger partial charge in [-0.15, -0.1) is 0 Å². The van der Waals surface area contributed by atoms with E-state index in [1.807, 2.05) is 0 Å². The highest BCUT2D eigenvalue weighted by atomic mass is 16.4. The molecule has 0 spiro atoms. The number of aromatic nitrogens is 2. The van der Waals surface area contributed by atoms with Gasteiger partial charge in [-0.05, 0) is 0 Å². The lowest BCUT2D eigenvalue weighted by Crippen LogP contribution is -2.11. The second-order valence-corrected chi connectivity index (χ2v) is 2.64. The van der Waals surface area contributed by atoms with Crippen LogP contribution >= 0.6 is 0 Å². The Hall–Kier alpha value is -1.78. The molecular weight excluding hydrogens is 170 g/mol. The molecule has 1 rings (SSSR count). The molecule has 0 atom stereocenters. The van der Waals surface area contributed by atoms with Crippen molar-refractivity contribution in [2.75, 3.05) is 11.9 Å². The van der Waals surface area contributed by atoms with Crippen LogP contribution in [0.4, 0.5) is 5.82 Å². The predicted molar refractivity (Wildman–Crippen MR) is 48.5 cm³/mol. The maximum Gasteiger partial charge on any atom is 0.332 e. The number of carboxylic acids is 1. The number of hydrogen-bond donors (Lipinski definition) is 2. The van der Waals surface area contributed by atoms with Crippen molar-refractivity contribution in [2.45, 2.75) is 0 Å². The Bertz CT molecular complexity index is 330. The highest BCUT2D eigenvalue weighted by molar-refractivity contribution is 5.86. The molecule has 5 heteroatoms. The van der Waals surface area contributed by atoms with E-state index < -0.39 is 5.97 Å². The summed E-state index contributed by atoms with van der Waals surface area (Å²) in [6.45, 7) is 3.58. The maximum atomic E-state index is 10.4. The number of rotatable bonds is 4. The molecule has 70 valence electrons. The number of nitrogens with zero attached hydrogens (tertiary/aromatic N) is 2. The van der Waals surface area contributed by atoms with Crippen LogP contribution in [0.25, 0.3) is 0 Å². The smallest absolute Gasteiger partial charge is 0.332 e. The van der Waals surface area contributed by atoms with Gasteiger partial charge in [-0.2, -0.15) is 5.10 Å². The Morgan fingerprint density at radius 2 is 2.54 bits per heavy atom. The van der Waals surface area contributed by atoms with Crippen LogP contribution in [0.15, 0.2) is 24.4 Å². The van der Waals surface area contributed by atoms with Crippen LogP contribution in [0.2, 0.25) is 0 Å². The van der Waals surface area contributed by atoms with E-state index >= 15 is 0 Å². The molecule has 0 amide bonds. The molecule has 1 heterocycles. The van der Waals surface area contributed by atoms with Crippen molar-refractivity contribution in [1.29, 1.82) is 0 Å². The molecule has 0 unspecified atom stereocenters. The van der Waals surface area contributed by atoms with Crippen LogP contribution in [0.5, 0.6) is 0 Å². The zero-order valence-corrected chi connectivity index (χ0v) is 7.32. The Kier molecular flexibility index (Phi) is 2.69. The number of aliphatic carboxylic acids is 1. The van der Waals surface area contributed by atoms with Crippen LogP contribution in [0.3, 0.4) is 0 Å². The Morgan fingerprint density at radius 3 is 3.00 bits per heavy atom. The Labute approximate surface area is 75.7 Å². The zero-order chi connectivity index (χ0) is 9.84. The van der Waals surface area contributed by atoms with E-state index in [0.717, 1.165) is 0 Å². The number of carboxylic acid groups (broad SMARTS) is 1. The van der Waals surface area contributed by atoms with Crippen LogP contribution < -0.4 is 5.32 Å². The summed E-state index contributed by atoms with van der Waals surface area (Å²) in [5.41, 5.74) is 0.116. The Morgan fingerprint density at radius 1 is 1.85 bits per heavy atom. The molecule has 13 heavy (non-hydrogen) atoms. The molecule has 5 nitrogen and oxygen atoms in total. The first-order chi connectivity index (χ1) is 6.09. The average molecular weight is 181 g/mol. The fourth-order valence-corrected chi connectivity index (χ4v) is 0.782. The van der Waals surface area contributed by atoms with Crippen molar-refractivity contribution in [3.63, 3.8) is 0 Å². The molecule has 1 aromatic heterocycles. The number of aryl methyl sites for hydroxylation is 1. The van der Waals surface area contributed by atoms with Crippen molar-refractivity contribution in [1.82, 2.24) is 9.78 Å². The van der Waals surface area contributed by atoms with Gasteiger partial charge in [-0.3, -0.25) is 4.68 Å². The summed E-state index contributed by atoms with van der Waals surface area (Å²) in [5, 5.41) is 15.3. The number of nitrogens with one attached hydrogen (secondary N) is 1. The second kappa shape index (κ2) is 3.75. The second-order valence-electron chi connectivity index (χ2n) is 2.64. The lowest BCUT2D eigenvalue weighted by atomic mass is 10.3. The normalized spacial score (nSPS) is 9.62. The van der Waals surface area contributed by atoms with Crippen LogP contribution in [0.1, 0.15) is 0 Å². The summed E-state index contributed by atoms with van der Waals surface area (Å²) in [6.07, 6.45) is 1.77. The van der Waals surface area contributed by atoms with Gasteiger partial charge in [0.1, 0.15) is 5.82 Å². The highest BCUT2D eigenvalue weighted by Crippen LogP contribution is 2.01. The van der Waals surface area contributed by atoms with Gasteiger partial charge in [0.05, 0.1) is 0 Å². The molecule has 0 aromatic carbocycles. The van der Waals surface area contributed by atoms with Gasteiger partial charge >= 0.3 is 5.97 Å². The molecule has 0 aliphatic heterocycles. The van der Waals surface area contributed by atoms with Gasteiger partial charge in [-0.25, -0.2) is 4.79 Å². The van der Waals surface area contributed by atoms with E-state index in [1.165, 1.54) is 0 Å². The summed E-state index contributed by atoms with van der Waals surface area (Å²) in [7, 11) is 1.79. The third-order valence-electron chi connectivity index (χ3n) is 1.50. The topological polar surface area (TPSA) is 67.2 Å². The molecular formula is C8H11N3O2. The highest BCUT2D eigenvalue weighted by Gasteiger charge is 2.03. The molecule has 0 bridgehead atoms. The van der Waals surface area contributed by atoms with E-state index in [2.05, 4.69) is 17.0 Å². The minimum Gasteiger partial charge on any atom is -0.478 e. The summed E-state index contributed by atoms with van der Waals surface area (Å²) in [6, 6.07) is 1.76. The molecule has 0 aliphatic rings. The van der Waals surface area contributed by atoms with Crippen molar-refractivity contribution < 1.29 is 9.90 Å². The van der Waals surface area contributed by atoms with Crippen LogP contribution in [-0.4, -0.2) is 27.4 Å². The first-order valence-electron chi connectivity index (χ1n) is 3.74. The standard InChI is InChI=1S/C8H11N3O2/c1-6(8(12)13)5-9-7-3-4-11(2)10-7/h3-4H,1,5H2,2H3,(H,9,10)(H,12,13). The van der Waals surface area contributed by atoms with Gasteiger partial charge < -0.3 is 10.4 Å². The molecule has 0 fully saturated rings. The zero-order valence-electron chi connectivity index (χ0n) is 7.32. The quantitative estimate of drug-likeness (QED) is 0.663. The van der Waals surface area contributed by atoms with Crippen LogP contribution in [0, 0.1) is 0 Å². The summed E-state index contributed by atoms with van der Waals surface area (Å²) in [4.78, 5) is 10.4. The minimum atomic E-state index is -0.997. The van der Waals surface area contributed by atoms with Crippen molar-refractivity contribution >= 4 is 11.8 Å². The summed E-state index contributed by atoms with van der Waals surface area (Å²) >= 11 is 0. The first kappa shape index (κ1) is 9.31. The van der Waals surface area contributed by atoms with Gasteiger partial charge in [0, 0.05) is 31.4 Å². The molecule has 0 radical (unpaired) electrons. The van der Waals surface area contributed by atoms with E-state index in [9.17, 15) is 4.79 Å². The fourth-order valence-electron chi connectivity index (χ4n) is 0.782. The number of hydrogen-bond acceptors (Lipinski definition) is 3. The van der Waals surface area contributed by atoms with Crippen molar-refractivity contribution in [3.05, 3.63) is 24.4 Å². The predicted octanol–water partition coefficient (Wildman–Crippen LogP) is 0.473. The van der Waals surface area contributed by atoms with Crippen LogP contribution in [-0.2, 0) is 11.8 Å². The van der Waals surface area contributed by atoms with Crippen molar-refractivity contribution in [2.24, 2.45) is 7.05 Å². The molecule has 0 saturated heterocycles. The molecule has 2 N–H and O–H groups in total. The average Bonchev–Trinajstić information content (AvgIpc) is 2.47. The first-order valence-corrected chi connectivity index (χ1v) is 3.74. The molecule has 0 saturated carbocycles. The lowest BCUT2D eigenvalue weighted by Gasteiger charge is -2.01. The largest absolute Gasteiger partial charge is 0.478 e. The lowest BCUT2D eigenvalue weighted by molar-refractivity contribution is -0.132. The SMILES string of the molecule is C=C(CNc1ccn(C)n1)C(=O)O. The van der Waals surface area contributed by atoms with Crippen molar-refractivity contribution in [3.8, 4) is 0 Å². The summed E-state index contributed by atoms with van der Waals surface area (Å²) < 4.78 is 1.63. The van der Waals surface area contributed by atoms with Gasteiger partial charge in [0.2, 0.25) is 0 Å². The third-order valence-corrected chi connectivity index (χ3v) is 1.50. The number of anilines is 1.